The molecule has 4 saturated carbocycles. The van der Waals surface area contributed by atoms with Crippen LogP contribution in [0.1, 0.15) is 59.1 Å². The summed E-state index contributed by atoms with van der Waals surface area (Å²) in [6.07, 6.45) is 4.73. The van der Waals surface area contributed by atoms with E-state index in [1.54, 1.807) is 11.1 Å². The van der Waals surface area contributed by atoms with Crippen molar-refractivity contribution in [2.45, 2.75) is 47.7 Å². The van der Waals surface area contributed by atoms with Crippen LogP contribution in [0.3, 0.4) is 0 Å². The third-order valence-corrected chi connectivity index (χ3v) is 13.1. The maximum absolute atomic E-state index is 7.99. The molecule has 2 unspecified atom stereocenters. The predicted molar refractivity (Wildman–Crippen MR) is 161 cm³/mol. The maximum atomic E-state index is 7.99. The van der Waals surface area contributed by atoms with Crippen LogP contribution in [0.25, 0.3) is 11.1 Å². The zero-order valence-electron chi connectivity index (χ0n) is 22.9. The van der Waals surface area contributed by atoms with Gasteiger partial charge in [0.25, 0.3) is 0 Å². The number of rotatable bonds is 2. The van der Waals surface area contributed by atoms with E-state index >= 15 is 0 Å². The van der Waals surface area contributed by atoms with Gasteiger partial charge in [-0.3, -0.25) is 0 Å². The molecule has 2 atom stereocenters. The molecule has 196 valence electrons. The van der Waals surface area contributed by atoms with Crippen LogP contribution < -0.4 is 0 Å². The van der Waals surface area contributed by atoms with Crippen LogP contribution >= 0.6 is 0 Å². The molecule has 4 spiro atoms. The van der Waals surface area contributed by atoms with Crippen molar-refractivity contribution in [3.05, 3.63) is 167 Å². The average Bonchev–Trinajstić information content (AvgIpc) is 3.82. The number of hydrogen-bond acceptors (Lipinski definition) is 1. The topological polar surface area (TPSA) is 9.23 Å². The zero-order valence-corrected chi connectivity index (χ0v) is 22.9. The summed E-state index contributed by atoms with van der Waals surface area (Å²) in [6, 6.07) is 50.8. The maximum Gasteiger partial charge on any atom is 0.126 e. The number of benzene rings is 5. The molecule has 0 N–H and O–H groups in total. The normalized spacial score (nSPS) is 38.8. The lowest BCUT2D eigenvalue weighted by Crippen LogP contribution is -2.52. The lowest BCUT2D eigenvalue weighted by Gasteiger charge is -2.51. The number of fused-ring (bicyclic) bond motifs is 8. The van der Waals surface area contributed by atoms with Gasteiger partial charge in [-0.2, -0.15) is 0 Å². The fourth-order valence-electron chi connectivity index (χ4n) is 12.5. The summed E-state index contributed by atoms with van der Waals surface area (Å²) in [4.78, 5) is 0. The van der Waals surface area contributed by atoms with E-state index in [-0.39, 0.29) is 21.7 Å². The molecule has 2 aliphatic heterocycles. The van der Waals surface area contributed by atoms with Gasteiger partial charge >= 0.3 is 0 Å². The van der Waals surface area contributed by atoms with Crippen LogP contribution in [0.15, 0.2) is 133 Å². The molecule has 0 amide bonds. The van der Waals surface area contributed by atoms with Crippen molar-refractivity contribution in [3.63, 3.8) is 0 Å². The van der Waals surface area contributed by atoms with Gasteiger partial charge in [0, 0.05) is 21.7 Å². The van der Waals surface area contributed by atoms with Gasteiger partial charge in [0.1, 0.15) is 11.2 Å². The van der Waals surface area contributed by atoms with Crippen molar-refractivity contribution in [2.75, 3.05) is 0 Å². The summed E-state index contributed by atoms with van der Waals surface area (Å²) in [5.41, 5.74) is 10.8. The minimum atomic E-state index is -0.477. The fraction of sp³-hybridized carbons (Fsp3) is 0.250. The summed E-state index contributed by atoms with van der Waals surface area (Å²) in [5, 5.41) is 0. The molecule has 1 nitrogen and oxygen atoms in total. The largest absolute Gasteiger partial charge is 0.348 e. The Balaban J connectivity index is 1.33. The van der Waals surface area contributed by atoms with Gasteiger partial charge < -0.3 is 4.74 Å². The molecule has 12 rings (SSSR count). The highest BCUT2D eigenvalue weighted by Gasteiger charge is 2.98. The quantitative estimate of drug-likeness (QED) is 0.224. The van der Waals surface area contributed by atoms with E-state index in [1.165, 1.54) is 59.1 Å². The summed E-state index contributed by atoms with van der Waals surface area (Å²) >= 11 is 0. The van der Waals surface area contributed by atoms with E-state index in [2.05, 4.69) is 133 Å². The second kappa shape index (κ2) is 6.42. The van der Waals surface area contributed by atoms with Crippen LogP contribution in [-0.2, 0) is 26.8 Å². The predicted octanol–water partition coefficient (Wildman–Crippen LogP) is 8.65. The summed E-state index contributed by atoms with van der Waals surface area (Å²) < 4.78 is 7.99. The minimum absolute atomic E-state index is 0.00386. The Hall–Kier alpha value is -3.94. The second-order valence-corrected chi connectivity index (χ2v) is 13.9. The van der Waals surface area contributed by atoms with E-state index in [9.17, 15) is 0 Å². The molecular formula is C40H30O. The molecule has 5 fully saturated rings. The highest BCUT2D eigenvalue weighted by atomic mass is 16.5. The highest BCUT2D eigenvalue weighted by molar-refractivity contribution is 5.82. The minimum Gasteiger partial charge on any atom is -0.348 e. The Kier molecular flexibility index (Phi) is 3.41. The van der Waals surface area contributed by atoms with Crippen molar-refractivity contribution in [3.8, 4) is 11.1 Å². The molecule has 2 heterocycles. The van der Waals surface area contributed by atoms with Gasteiger partial charge in [0.05, 0.1) is 0 Å². The Morgan fingerprint density at radius 1 is 0.366 bits per heavy atom. The summed E-state index contributed by atoms with van der Waals surface area (Å²) in [7, 11) is 0. The SMILES string of the molecule is c1ccc(C23OC(c4ccccc4)(c4ccccc42)C24CC56CC32CC5(C4)c2ccccc2-c2ccccc26)cc1. The Labute approximate surface area is 240 Å². The van der Waals surface area contributed by atoms with Crippen molar-refractivity contribution in [1.82, 2.24) is 0 Å². The highest BCUT2D eigenvalue weighted by Crippen LogP contribution is 2.99. The standard InChI is InChI=1S/C40H30O/c1-3-13-27(14-4-1)39-33-21-11-12-22-34(33)40(41-39,28-15-5-2-6-16-28)38-25-35-23-37(38,39)24-36(35,26-38)32-20-10-8-18-30(32)29-17-7-9-19-31(29)35/h1-22H,23-26H2. The van der Waals surface area contributed by atoms with Crippen LogP contribution in [0.4, 0.5) is 0 Å². The molecule has 5 aliphatic carbocycles. The fourth-order valence-corrected chi connectivity index (χ4v) is 12.5. The molecule has 1 saturated heterocycles. The molecule has 7 aliphatic rings. The van der Waals surface area contributed by atoms with E-state index in [1.807, 2.05) is 0 Å². The van der Waals surface area contributed by atoms with Crippen molar-refractivity contribution < 1.29 is 4.74 Å². The molecule has 5 aromatic carbocycles. The van der Waals surface area contributed by atoms with Crippen LogP contribution in [0.2, 0.25) is 0 Å². The van der Waals surface area contributed by atoms with Crippen LogP contribution in [0.5, 0.6) is 0 Å². The Morgan fingerprint density at radius 3 is 1.12 bits per heavy atom. The van der Waals surface area contributed by atoms with Crippen molar-refractivity contribution in [2.24, 2.45) is 10.8 Å². The monoisotopic (exact) mass is 526 g/mol. The first-order chi connectivity index (χ1) is 20.2. The van der Waals surface area contributed by atoms with Crippen molar-refractivity contribution >= 4 is 0 Å². The van der Waals surface area contributed by atoms with Gasteiger partial charge in [-0.15, -0.1) is 0 Å². The first-order valence-corrected chi connectivity index (χ1v) is 15.3. The van der Waals surface area contributed by atoms with Gasteiger partial charge in [0.15, 0.2) is 0 Å². The van der Waals surface area contributed by atoms with Crippen molar-refractivity contribution in [1.29, 1.82) is 0 Å². The molecule has 6 bridgehead atoms. The first kappa shape index (κ1) is 21.8. The van der Waals surface area contributed by atoms with E-state index in [0.717, 1.165) is 0 Å². The Bertz CT molecular complexity index is 1800. The van der Waals surface area contributed by atoms with Gasteiger partial charge in [-0.25, -0.2) is 0 Å². The molecule has 0 aromatic heterocycles. The van der Waals surface area contributed by atoms with Crippen LogP contribution in [-0.4, -0.2) is 0 Å². The smallest absolute Gasteiger partial charge is 0.126 e. The molecule has 1 heteroatoms. The summed E-state index contributed by atoms with van der Waals surface area (Å²) in [5.74, 6) is 0. The average molecular weight is 527 g/mol. The van der Waals surface area contributed by atoms with Crippen LogP contribution in [0, 0.1) is 10.8 Å². The first-order valence-electron chi connectivity index (χ1n) is 15.3. The third kappa shape index (κ3) is 1.83. The van der Waals surface area contributed by atoms with Gasteiger partial charge in [0.2, 0.25) is 0 Å². The third-order valence-electron chi connectivity index (χ3n) is 13.1. The van der Waals surface area contributed by atoms with Gasteiger partial charge in [-0.1, -0.05) is 133 Å². The van der Waals surface area contributed by atoms with Gasteiger partial charge in [-0.05, 0) is 70.2 Å². The summed E-state index contributed by atoms with van der Waals surface area (Å²) in [6.45, 7) is 0. The number of ether oxygens (including phenoxy) is 1. The molecule has 0 radical (unpaired) electrons. The molecule has 5 aromatic rings. The number of hydrogen-bond donors (Lipinski definition) is 0. The lowest BCUT2D eigenvalue weighted by molar-refractivity contribution is -0.0834. The zero-order chi connectivity index (χ0) is 26.7. The molecular weight excluding hydrogens is 496 g/mol. The molecule has 41 heavy (non-hydrogen) atoms. The Morgan fingerprint density at radius 2 is 0.707 bits per heavy atom. The lowest BCUT2D eigenvalue weighted by atomic mass is 9.47. The second-order valence-electron chi connectivity index (χ2n) is 13.9. The van der Waals surface area contributed by atoms with E-state index < -0.39 is 11.2 Å². The van der Waals surface area contributed by atoms with E-state index in [0.29, 0.717) is 0 Å². The van der Waals surface area contributed by atoms with E-state index in [4.69, 9.17) is 4.74 Å².